The van der Waals surface area contributed by atoms with Crippen LogP contribution in [0.1, 0.15) is 130 Å². The molecule has 0 aromatic rings. The van der Waals surface area contributed by atoms with Crippen LogP contribution in [0.5, 0.6) is 0 Å². The average molecular weight is 443 g/mol. The minimum atomic E-state index is -0.0945. The van der Waals surface area contributed by atoms with Gasteiger partial charge in [-0.1, -0.05) is 104 Å². The van der Waals surface area contributed by atoms with Crippen LogP contribution in [0.4, 0.5) is 0 Å². The topological polar surface area (TPSA) is 44.8 Å². The van der Waals surface area contributed by atoms with Gasteiger partial charge in [0.25, 0.3) is 0 Å². The molecule has 0 aliphatic rings. The highest BCUT2D eigenvalue weighted by Gasteiger charge is 2.03. The van der Waals surface area contributed by atoms with Gasteiger partial charge in [-0.15, -0.1) is 0 Å². The first-order valence-corrected chi connectivity index (χ1v) is 13.5. The summed E-state index contributed by atoms with van der Waals surface area (Å²) in [6.07, 6.45) is 20.6. The van der Waals surface area contributed by atoms with Crippen molar-refractivity contribution in [2.75, 3.05) is 33.0 Å². The highest BCUT2D eigenvalue weighted by atomic mass is 16.5. The first-order chi connectivity index (χ1) is 15.2. The number of hydrogen-bond acceptors (Lipinski definition) is 4. The lowest BCUT2D eigenvalue weighted by Gasteiger charge is -2.07. The second-order valence-corrected chi connectivity index (χ2v) is 9.33. The molecule has 0 bridgehead atoms. The average Bonchev–Trinajstić information content (AvgIpc) is 2.75. The lowest BCUT2D eigenvalue weighted by Crippen LogP contribution is -2.09. The number of esters is 1. The molecule has 0 aromatic carbocycles. The van der Waals surface area contributed by atoms with E-state index in [4.69, 9.17) is 14.2 Å². The zero-order chi connectivity index (χ0) is 22.8. The Morgan fingerprint density at radius 1 is 0.581 bits per heavy atom. The summed E-state index contributed by atoms with van der Waals surface area (Å²) in [7, 11) is 0. The SMILES string of the molecule is CCCCCCCCCCCCOCCOCCCC(=O)OCCCCCCC(C)C. The Morgan fingerprint density at radius 2 is 1.06 bits per heavy atom. The van der Waals surface area contributed by atoms with Crippen molar-refractivity contribution in [3.05, 3.63) is 0 Å². The minimum absolute atomic E-state index is 0.0945. The predicted molar refractivity (Wildman–Crippen MR) is 132 cm³/mol. The molecule has 0 rings (SSSR count). The van der Waals surface area contributed by atoms with Gasteiger partial charge in [0.05, 0.1) is 19.8 Å². The normalized spacial score (nSPS) is 11.4. The second-order valence-electron chi connectivity index (χ2n) is 9.33. The lowest BCUT2D eigenvalue weighted by atomic mass is 10.0. The molecule has 0 N–H and O–H groups in total. The van der Waals surface area contributed by atoms with Crippen LogP contribution < -0.4 is 0 Å². The van der Waals surface area contributed by atoms with Crippen molar-refractivity contribution < 1.29 is 19.0 Å². The van der Waals surface area contributed by atoms with Crippen molar-refractivity contribution in [2.45, 2.75) is 130 Å². The van der Waals surface area contributed by atoms with Gasteiger partial charge in [-0.05, 0) is 25.2 Å². The fourth-order valence-corrected chi connectivity index (χ4v) is 3.60. The van der Waals surface area contributed by atoms with Crippen molar-refractivity contribution in [1.29, 1.82) is 0 Å². The Morgan fingerprint density at radius 3 is 1.65 bits per heavy atom. The molecule has 0 radical (unpaired) electrons. The van der Waals surface area contributed by atoms with E-state index >= 15 is 0 Å². The molecule has 0 atom stereocenters. The summed E-state index contributed by atoms with van der Waals surface area (Å²) in [6, 6.07) is 0. The molecule has 0 unspecified atom stereocenters. The van der Waals surface area contributed by atoms with Gasteiger partial charge in [-0.25, -0.2) is 0 Å². The number of carbonyl (C=O) groups excluding carboxylic acids is 1. The smallest absolute Gasteiger partial charge is 0.305 e. The first-order valence-electron chi connectivity index (χ1n) is 13.5. The maximum atomic E-state index is 11.7. The maximum absolute atomic E-state index is 11.7. The van der Waals surface area contributed by atoms with Crippen LogP contribution in [0, 0.1) is 5.92 Å². The van der Waals surface area contributed by atoms with E-state index in [9.17, 15) is 4.79 Å². The Hall–Kier alpha value is -0.610. The highest BCUT2D eigenvalue weighted by molar-refractivity contribution is 5.69. The molecule has 0 aliphatic heterocycles. The molecule has 0 amide bonds. The fraction of sp³-hybridized carbons (Fsp3) is 0.963. The van der Waals surface area contributed by atoms with E-state index in [-0.39, 0.29) is 5.97 Å². The van der Waals surface area contributed by atoms with E-state index in [2.05, 4.69) is 20.8 Å². The van der Waals surface area contributed by atoms with Crippen LogP contribution in [0.15, 0.2) is 0 Å². The third-order valence-corrected chi connectivity index (χ3v) is 5.62. The monoisotopic (exact) mass is 442 g/mol. The zero-order valence-corrected chi connectivity index (χ0v) is 21.3. The van der Waals surface area contributed by atoms with E-state index < -0.39 is 0 Å². The molecular weight excluding hydrogens is 388 g/mol. The molecule has 4 nitrogen and oxygen atoms in total. The van der Waals surface area contributed by atoms with Gasteiger partial charge in [0, 0.05) is 19.6 Å². The minimum Gasteiger partial charge on any atom is -0.466 e. The largest absolute Gasteiger partial charge is 0.466 e. The van der Waals surface area contributed by atoms with Crippen molar-refractivity contribution in [3.63, 3.8) is 0 Å². The maximum Gasteiger partial charge on any atom is 0.305 e. The molecule has 31 heavy (non-hydrogen) atoms. The second kappa shape index (κ2) is 25.6. The summed E-state index contributed by atoms with van der Waals surface area (Å²) in [5.41, 5.74) is 0. The third-order valence-electron chi connectivity index (χ3n) is 5.62. The third kappa shape index (κ3) is 27.4. The molecular formula is C27H54O4. The molecule has 0 saturated carbocycles. The Balaban J connectivity index is 3.13. The van der Waals surface area contributed by atoms with E-state index in [1.165, 1.54) is 77.0 Å². The molecule has 0 saturated heterocycles. The summed E-state index contributed by atoms with van der Waals surface area (Å²) in [5.74, 6) is 0.694. The van der Waals surface area contributed by atoms with Crippen LogP contribution in [0.3, 0.4) is 0 Å². The van der Waals surface area contributed by atoms with E-state index in [1.807, 2.05) is 0 Å². The molecule has 0 aromatic heterocycles. The van der Waals surface area contributed by atoms with Gasteiger partial charge < -0.3 is 14.2 Å². The standard InChI is InChI=1S/C27H54O4/c1-4-5-6-7-8-9-10-11-13-16-21-29-24-25-30-22-18-20-27(28)31-23-17-14-12-15-19-26(2)3/h26H,4-25H2,1-3H3. The lowest BCUT2D eigenvalue weighted by molar-refractivity contribution is -0.144. The predicted octanol–water partition coefficient (Wildman–Crippen LogP) is 7.87. The van der Waals surface area contributed by atoms with Crippen molar-refractivity contribution >= 4 is 5.97 Å². The van der Waals surface area contributed by atoms with Crippen LogP contribution in [0.2, 0.25) is 0 Å². The fourth-order valence-electron chi connectivity index (χ4n) is 3.60. The van der Waals surface area contributed by atoms with Gasteiger partial charge in [-0.3, -0.25) is 4.79 Å². The van der Waals surface area contributed by atoms with Crippen LogP contribution in [-0.2, 0) is 19.0 Å². The van der Waals surface area contributed by atoms with Crippen LogP contribution >= 0.6 is 0 Å². The van der Waals surface area contributed by atoms with Gasteiger partial charge in [-0.2, -0.15) is 0 Å². The number of carbonyl (C=O) groups is 1. The highest BCUT2D eigenvalue weighted by Crippen LogP contribution is 2.11. The number of hydrogen-bond donors (Lipinski definition) is 0. The summed E-state index contributed by atoms with van der Waals surface area (Å²) in [5, 5.41) is 0. The molecule has 4 heteroatoms. The van der Waals surface area contributed by atoms with Crippen molar-refractivity contribution in [2.24, 2.45) is 5.92 Å². The van der Waals surface area contributed by atoms with E-state index in [0.29, 0.717) is 32.8 Å². The Kier molecular flexibility index (Phi) is 25.1. The Bertz CT molecular complexity index is 357. The Labute approximate surface area is 194 Å². The molecule has 0 fully saturated rings. The molecule has 0 heterocycles. The van der Waals surface area contributed by atoms with Gasteiger partial charge >= 0.3 is 5.97 Å². The molecule has 0 aliphatic carbocycles. The van der Waals surface area contributed by atoms with Gasteiger partial charge in [0.2, 0.25) is 0 Å². The van der Waals surface area contributed by atoms with Crippen molar-refractivity contribution in [1.82, 2.24) is 0 Å². The van der Waals surface area contributed by atoms with Crippen LogP contribution in [0.25, 0.3) is 0 Å². The van der Waals surface area contributed by atoms with Gasteiger partial charge in [0.15, 0.2) is 0 Å². The summed E-state index contributed by atoms with van der Waals surface area (Å²) in [4.78, 5) is 11.7. The summed E-state index contributed by atoms with van der Waals surface area (Å²) >= 11 is 0. The zero-order valence-electron chi connectivity index (χ0n) is 21.3. The quantitative estimate of drug-likeness (QED) is 0.107. The van der Waals surface area contributed by atoms with E-state index in [0.717, 1.165) is 38.2 Å². The molecule has 0 spiro atoms. The number of ether oxygens (including phenoxy) is 3. The van der Waals surface area contributed by atoms with Crippen LogP contribution in [-0.4, -0.2) is 39.0 Å². The van der Waals surface area contributed by atoms with Gasteiger partial charge in [0.1, 0.15) is 0 Å². The van der Waals surface area contributed by atoms with Crippen molar-refractivity contribution in [3.8, 4) is 0 Å². The number of rotatable bonds is 25. The summed E-state index contributed by atoms with van der Waals surface area (Å²) in [6.45, 7) is 10.1. The number of unbranched alkanes of at least 4 members (excludes halogenated alkanes) is 12. The van der Waals surface area contributed by atoms with E-state index in [1.54, 1.807) is 0 Å². The molecule has 186 valence electrons. The first kappa shape index (κ1) is 30.4. The summed E-state index contributed by atoms with van der Waals surface area (Å²) < 4.78 is 16.4.